The van der Waals surface area contributed by atoms with Gasteiger partial charge in [-0.15, -0.1) is 0 Å². The zero-order valence-corrected chi connectivity index (χ0v) is 26.9. The van der Waals surface area contributed by atoms with Crippen LogP contribution in [-0.2, 0) is 6.42 Å². The predicted molar refractivity (Wildman–Crippen MR) is 162 cm³/mol. The van der Waals surface area contributed by atoms with Crippen LogP contribution < -0.4 is 4.74 Å². The van der Waals surface area contributed by atoms with Crippen LogP contribution in [0.5, 0.6) is 11.5 Å². The van der Waals surface area contributed by atoms with Crippen molar-refractivity contribution in [2.45, 2.75) is 132 Å². The SMILES string of the molecule is Cc1c(C)c2c(c(C)c1O)CCC(C)(CCCC(C)CCCC(C)CCCC(C)C)O2.II. The molecule has 0 fully saturated rings. The van der Waals surface area contributed by atoms with E-state index < -0.39 is 0 Å². The van der Waals surface area contributed by atoms with E-state index in [-0.39, 0.29) is 5.60 Å². The highest BCUT2D eigenvalue weighted by Crippen LogP contribution is 2.44. The normalized spacial score (nSPS) is 19.4. The standard InChI is InChI=1S/C29H50O2.I2/c1-20(2)12-9-13-21(3)14-10-15-22(4)16-11-18-29(8)19-17-26-25(7)27(30)23(5)24(6)28(26)31-29;1-2/h20-22,30H,9-19H2,1-8H3;. The summed E-state index contributed by atoms with van der Waals surface area (Å²) in [7, 11) is 0. The minimum Gasteiger partial charge on any atom is -0.507 e. The molecule has 0 aliphatic carbocycles. The summed E-state index contributed by atoms with van der Waals surface area (Å²) < 4.78 is 6.60. The Bertz CT molecular complexity index is 716. The van der Waals surface area contributed by atoms with Crippen molar-refractivity contribution >= 4 is 37.2 Å². The number of ether oxygens (including phenoxy) is 1. The number of phenols is 1. The summed E-state index contributed by atoms with van der Waals surface area (Å²) in [6.07, 6.45) is 14.1. The molecule has 4 heteroatoms. The molecule has 0 aromatic heterocycles. The van der Waals surface area contributed by atoms with Gasteiger partial charge in [-0.2, -0.15) is 0 Å². The molecule has 1 aromatic rings. The summed E-state index contributed by atoms with van der Waals surface area (Å²) in [5.41, 5.74) is 4.23. The average molecular weight is 685 g/mol. The molecule has 1 N–H and O–H groups in total. The second-order valence-corrected chi connectivity index (χ2v) is 11.4. The summed E-state index contributed by atoms with van der Waals surface area (Å²) in [5, 5.41) is 10.4. The number of phenolic OH excluding ortho intramolecular Hbond substituents is 1. The molecule has 1 aromatic carbocycles. The monoisotopic (exact) mass is 684 g/mol. The zero-order chi connectivity index (χ0) is 25.2. The molecule has 0 bridgehead atoms. The van der Waals surface area contributed by atoms with Crippen LogP contribution in [0.25, 0.3) is 0 Å². The van der Waals surface area contributed by atoms with Crippen LogP contribution in [0.4, 0.5) is 0 Å². The van der Waals surface area contributed by atoms with Crippen molar-refractivity contribution in [3.63, 3.8) is 0 Å². The minimum atomic E-state index is -0.0712. The van der Waals surface area contributed by atoms with E-state index in [1.54, 1.807) is 0 Å². The highest BCUT2D eigenvalue weighted by Gasteiger charge is 2.34. The Hall–Kier alpha value is 0.280. The summed E-state index contributed by atoms with van der Waals surface area (Å²) in [6, 6.07) is 0. The molecule has 33 heavy (non-hydrogen) atoms. The number of benzene rings is 1. The Kier molecular flexibility index (Phi) is 14.6. The maximum atomic E-state index is 10.4. The molecule has 0 amide bonds. The first kappa shape index (κ1) is 31.3. The van der Waals surface area contributed by atoms with Crippen molar-refractivity contribution in [1.29, 1.82) is 0 Å². The molecule has 1 heterocycles. The highest BCUT2D eigenvalue weighted by molar-refractivity contribution is 15.0. The van der Waals surface area contributed by atoms with Gasteiger partial charge in [0.2, 0.25) is 0 Å². The quantitative estimate of drug-likeness (QED) is 0.222. The molecule has 0 spiro atoms. The van der Waals surface area contributed by atoms with E-state index in [1.807, 2.05) is 13.8 Å². The largest absolute Gasteiger partial charge is 0.507 e. The Labute approximate surface area is 228 Å². The molecule has 1 aliphatic heterocycles. The molecule has 192 valence electrons. The fraction of sp³-hybridized carbons (Fsp3) is 0.793. The van der Waals surface area contributed by atoms with Crippen molar-refractivity contribution in [1.82, 2.24) is 0 Å². The number of hydrogen-bond donors (Lipinski definition) is 1. The maximum absolute atomic E-state index is 10.4. The van der Waals surface area contributed by atoms with Gasteiger partial charge in [0.1, 0.15) is 17.1 Å². The Morgan fingerprint density at radius 3 is 1.88 bits per heavy atom. The summed E-state index contributed by atoms with van der Waals surface area (Å²) in [4.78, 5) is 0. The van der Waals surface area contributed by atoms with Crippen molar-refractivity contribution < 1.29 is 9.84 Å². The van der Waals surface area contributed by atoms with E-state index in [9.17, 15) is 5.11 Å². The fourth-order valence-corrected chi connectivity index (χ4v) is 5.27. The fourth-order valence-electron chi connectivity index (χ4n) is 5.27. The first-order valence-corrected chi connectivity index (χ1v) is 19.5. The average Bonchev–Trinajstić information content (AvgIpc) is 2.77. The third-order valence-electron chi connectivity index (χ3n) is 7.87. The van der Waals surface area contributed by atoms with Crippen molar-refractivity contribution in [3.8, 4) is 11.5 Å². The molecule has 3 atom stereocenters. The summed E-state index contributed by atoms with van der Waals surface area (Å²) in [5.74, 6) is 4.04. The van der Waals surface area contributed by atoms with Crippen molar-refractivity contribution in [2.24, 2.45) is 17.8 Å². The number of fused-ring (bicyclic) bond motifs is 1. The van der Waals surface area contributed by atoms with Crippen LogP contribution >= 0.6 is 37.2 Å². The predicted octanol–water partition coefficient (Wildman–Crippen LogP) is 10.6. The molecular formula is C29H50I2O2. The van der Waals surface area contributed by atoms with Crippen LogP contribution in [0.1, 0.15) is 121 Å². The smallest absolute Gasteiger partial charge is 0.127 e. The number of rotatable bonds is 12. The third-order valence-corrected chi connectivity index (χ3v) is 7.87. The third kappa shape index (κ3) is 10.0. The first-order valence-electron chi connectivity index (χ1n) is 13.2. The van der Waals surface area contributed by atoms with E-state index in [4.69, 9.17) is 4.74 Å². The van der Waals surface area contributed by atoms with E-state index >= 15 is 0 Å². The van der Waals surface area contributed by atoms with E-state index in [2.05, 4.69) is 78.8 Å². The molecule has 2 rings (SSSR count). The second kappa shape index (κ2) is 15.4. The Morgan fingerprint density at radius 2 is 1.33 bits per heavy atom. The van der Waals surface area contributed by atoms with Crippen LogP contribution in [0.2, 0.25) is 0 Å². The Balaban J connectivity index is 0.00000265. The van der Waals surface area contributed by atoms with E-state index in [0.717, 1.165) is 59.5 Å². The van der Waals surface area contributed by atoms with Gasteiger partial charge in [-0.05, 0) is 87.8 Å². The highest BCUT2D eigenvalue weighted by atomic mass is 128. The summed E-state index contributed by atoms with van der Waals surface area (Å²) >= 11 is 4.24. The topological polar surface area (TPSA) is 29.5 Å². The second-order valence-electron chi connectivity index (χ2n) is 11.4. The summed E-state index contributed by atoms with van der Waals surface area (Å²) in [6.45, 7) is 17.9. The van der Waals surface area contributed by atoms with Crippen LogP contribution in [0, 0.1) is 38.5 Å². The minimum absolute atomic E-state index is 0.0712. The lowest BCUT2D eigenvalue weighted by atomic mass is 9.84. The van der Waals surface area contributed by atoms with Gasteiger partial charge < -0.3 is 9.84 Å². The van der Waals surface area contributed by atoms with Gasteiger partial charge in [0.25, 0.3) is 0 Å². The van der Waals surface area contributed by atoms with Crippen LogP contribution in [0.15, 0.2) is 0 Å². The van der Waals surface area contributed by atoms with Gasteiger partial charge in [0, 0.05) is 42.8 Å². The van der Waals surface area contributed by atoms with E-state index in [0.29, 0.717) is 5.75 Å². The first-order chi connectivity index (χ1) is 15.5. The molecular weight excluding hydrogens is 634 g/mol. The lowest BCUT2D eigenvalue weighted by molar-refractivity contribution is 0.0512. The molecule has 2 nitrogen and oxygen atoms in total. The van der Waals surface area contributed by atoms with Gasteiger partial charge in [0.05, 0.1) is 0 Å². The van der Waals surface area contributed by atoms with Crippen molar-refractivity contribution in [2.75, 3.05) is 0 Å². The number of hydrogen-bond acceptors (Lipinski definition) is 2. The molecule has 1 aliphatic rings. The molecule has 3 unspecified atom stereocenters. The van der Waals surface area contributed by atoms with Gasteiger partial charge >= 0.3 is 0 Å². The molecule has 0 radical (unpaired) electrons. The molecule has 0 saturated carbocycles. The zero-order valence-electron chi connectivity index (χ0n) is 22.6. The maximum Gasteiger partial charge on any atom is 0.127 e. The van der Waals surface area contributed by atoms with Gasteiger partial charge in [0.15, 0.2) is 0 Å². The Morgan fingerprint density at radius 1 is 0.818 bits per heavy atom. The van der Waals surface area contributed by atoms with Crippen LogP contribution in [-0.4, -0.2) is 10.7 Å². The van der Waals surface area contributed by atoms with Crippen LogP contribution in [0.3, 0.4) is 0 Å². The van der Waals surface area contributed by atoms with E-state index in [1.165, 1.54) is 56.9 Å². The van der Waals surface area contributed by atoms with Gasteiger partial charge in [-0.3, -0.25) is 0 Å². The molecule has 0 saturated heterocycles. The van der Waals surface area contributed by atoms with Crippen molar-refractivity contribution in [3.05, 3.63) is 22.3 Å². The van der Waals surface area contributed by atoms with Gasteiger partial charge in [-0.1, -0.05) is 72.6 Å². The number of aromatic hydroxyl groups is 1. The lowest BCUT2D eigenvalue weighted by Crippen LogP contribution is -2.37. The lowest BCUT2D eigenvalue weighted by Gasteiger charge is -2.38. The number of halogens is 2. The van der Waals surface area contributed by atoms with Gasteiger partial charge in [-0.25, -0.2) is 0 Å².